The Hall–Kier alpha value is -18.1. The second-order valence-electron chi connectivity index (χ2n) is 30.6. The molecule has 0 saturated heterocycles. The maximum absolute atomic E-state index is 14.6. The van der Waals surface area contributed by atoms with E-state index in [1.54, 1.807) is 137 Å². The summed E-state index contributed by atoms with van der Waals surface area (Å²) in [7, 11) is 0. The fourth-order valence-corrected chi connectivity index (χ4v) is 15.6. The average Bonchev–Trinajstić information content (AvgIpc) is 1.33. The second kappa shape index (κ2) is 41.7. The highest BCUT2D eigenvalue weighted by molar-refractivity contribution is 6.36. The highest BCUT2D eigenvalue weighted by atomic mass is 35.5. The van der Waals surface area contributed by atoms with Crippen molar-refractivity contribution in [3.8, 4) is 140 Å². The maximum Gasteiger partial charge on any atom is 0.337 e. The topological polar surface area (TPSA) is 340 Å². The van der Waals surface area contributed by atoms with Crippen LogP contribution in [-0.4, -0.2) is 129 Å². The molecule has 25 nitrogen and oxygen atoms in total. The Labute approximate surface area is 787 Å². The van der Waals surface area contributed by atoms with Crippen LogP contribution in [0.1, 0.15) is 68.6 Å². The van der Waals surface area contributed by atoms with E-state index in [2.05, 4.69) is 30.0 Å². The lowest BCUT2D eigenvalue weighted by atomic mass is 9.95. The number of halogens is 3. The van der Waals surface area contributed by atoms with Crippen LogP contribution in [0.3, 0.4) is 0 Å². The molecule has 10 heterocycles. The minimum absolute atomic E-state index is 0.0135. The molecule has 0 aliphatic carbocycles. The molecule has 0 radical (unpaired) electrons. The van der Waals surface area contributed by atoms with E-state index < -0.39 is 35.7 Å². The van der Waals surface area contributed by atoms with Crippen LogP contribution >= 0.6 is 23.2 Å². The van der Waals surface area contributed by atoms with E-state index in [9.17, 15) is 53.9 Å². The van der Waals surface area contributed by atoms with Gasteiger partial charge in [0.2, 0.25) is 0 Å². The molecule has 10 aromatic carbocycles. The molecule has 0 unspecified atom stereocenters. The number of pyridine rings is 5. The average molecular weight is 1840 g/mol. The number of carbonyl (C=O) groups is 5. The van der Waals surface area contributed by atoms with Crippen LogP contribution in [-0.2, 0) is 0 Å². The largest absolute Gasteiger partial charge is 0.478 e. The van der Waals surface area contributed by atoms with E-state index in [1.807, 2.05) is 267 Å². The standard InChI is InChI=1S/C23H19N3O2.C22H17N3O2.2C21H14ClN3O2.C21H14FN3O2/c1-15-13-17(11-12-24-15)22-21(14-26(25-22)18-7-4-3-5-8-18)19-9-6-10-20(16(19)2)23(27)28;1-15-7-8-17(22(26)27)13-19(15)20-14-25(18-5-3-2-4-6-18)24-21(20)16-9-11-23-12-10-16;22-19-16(7-4-8-17(19)21(26)27)18-13-25(15-5-2-1-3-6-15)24-20(18)14-9-11-23-12-10-14;2*22-19-7-6-15(21(26)27)12-17(19)18-13-25(16-4-2-1-3-5-16)24-20(18)14-8-10-23-11-9-14/h3-14H,1-2H3,(H,27,28);2-14H,1H3,(H,26,27);3*1-13H,(H,26,27). The zero-order valence-corrected chi connectivity index (χ0v) is 74.1. The lowest BCUT2D eigenvalue weighted by Crippen LogP contribution is -2.00. The molecule has 5 N–H and O–H groups in total. The predicted octanol–water partition coefficient (Wildman–Crippen LogP) is 23.9. The van der Waals surface area contributed by atoms with Gasteiger partial charge in [-0.3, -0.25) is 24.9 Å². The van der Waals surface area contributed by atoms with Crippen molar-refractivity contribution in [3.05, 3.63) is 451 Å². The molecule has 0 aliphatic heterocycles. The molecular formula is C108H78Cl2FN15O10. The molecule has 0 amide bonds. The van der Waals surface area contributed by atoms with Crippen molar-refractivity contribution in [2.45, 2.75) is 20.8 Å². The minimum Gasteiger partial charge on any atom is -0.478 e. The van der Waals surface area contributed by atoms with E-state index in [4.69, 9.17) is 43.6 Å². The van der Waals surface area contributed by atoms with E-state index >= 15 is 0 Å². The monoisotopic (exact) mass is 1830 g/mol. The molecule has 0 fully saturated rings. The quantitative estimate of drug-likeness (QED) is 0.0473. The summed E-state index contributed by atoms with van der Waals surface area (Å²) >= 11 is 12.8. The van der Waals surface area contributed by atoms with Crippen LogP contribution in [0.5, 0.6) is 0 Å². The Morgan fingerprint density at radius 1 is 0.272 bits per heavy atom. The van der Waals surface area contributed by atoms with Crippen LogP contribution in [0.2, 0.25) is 10.0 Å². The number of carboxylic acids is 5. The maximum atomic E-state index is 14.6. The number of para-hydroxylation sites is 5. The second-order valence-corrected chi connectivity index (χ2v) is 31.4. The minimum atomic E-state index is -1.11. The fraction of sp³-hybridized carbons (Fsp3) is 0.0278. The number of hydrogen-bond donors (Lipinski definition) is 5. The summed E-state index contributed by atoms with van der Waals surface area (Å²) in [5.41, 5.74) is 22.6. The summed E-state index contributed by atoms with van der Waals surface area (Å²) in [5.74, 6) is -5.58. The van der Waals surface area contributed by atoms with Crippen molar-refractivity contribution in [1.82, 2.24) is 73.8 Å². The summed E-state index contributed by atoms with van der Waals surface area (Å²) in [4.78, 5) is 77.7. The van der Waals surface area contributed by atoms with Gasteiger partial charge in [-0.1, -0.05) is 145 Å². The molecule has 0 saturated carbocycles. The third-order valence-electron chi connectivity index (χ3n) is 21.8. The third kappa shape index (κ3) is 20.8. The molecule has 666 valence electrons. The third-order valence-corrected chi connectivity index (χ3v) is 22.6. The molecule has 28 heteroatoms. The van der Waals surface area contributed by atoms with Crippen LogP contribution in [0, 0.1) is 26.6 Å². The first-order chi connectivity index (χ1) is 66.1. The summed E-state index contributed by atoms with van der Waals surface area (Å²) in [6, 6.07) is 91.0. The first-order valence-electron chi connectivity index (χ1n) is 42.2. The normalized spacial score (nSPS) is 10.7. The van der Waals surface area contributed by atoms with Gasteiger partial charge in [-0.05, 0) is 225 Å². The SMILES string of the molecule is Cc1cc(-c2nn(-c3ccccc3)cc2-c2cccc(C(=O)O)c2C)ccn1.Cc1ccc(C(=O)O)cc1-c1cn(-c2ccccc2)nc1-c1ccncc1.O=C(O)c1ccc(Cl)c(-c2cn(-c3ccccc3)nc2-c2ccncc2)c1.O=C(O)c1ccc(F)c(-c2cn(-c3ccccc3)nc2-c2ccncc2)c1.O=C(O)c1cccc(-c2cn(-c3ccccc3)nc2-c2ccncc2)c1Cl. The van der Waals surface area contributed by atoms with Gasteiger partial charge in [-0.25, -0.2) is 51.8 Å². The van der Waals surface area contributed by atoms with E-state index in [1.165, 1.54) is 24.3 Å². The van der Waals surface area contributed by atoms with Crippen LogP contribution in [0.4, 0.5) is 4.39 Å². The van der Waals surface area contributed by atoms with Crippen molar-refractivity contribution in [2.24, 2.45) is 0 Å². The lowest BCUT2D eigenvalue weighted by molar-refractivity contribution is 0.0685. The van der Waals surface area contributed by atoms with Crippen molar-refractivity contribution in [1.29, 1.82) is 0 Å². The van der Waals surface area contributed by atoms with Crippen LogP contribution < -0.4 is 0 Å². The first-order valence-corrected chi connectivity index (χ1v) is 42.9. The van der Waals surface area contributed by atoms with Gasteiger partial charge < -0.3 is 25.5 Å². The number of aromatic nitrogens is 15. The molecule has 0 bridgehead atoms. The van der Waals surface area contributed by atoms with Gasteiger partial charge in [0.05, 0.1) is 61.3 Å². The van der Waals surface area contributed by atoms with Crippen molar-refractivity contribution < 1.29 is 53.9 Å². The van der Waals surface area contributed by atoms with Crippen LogP contribution in [0.15, 0.2) is 390 Å². The molecule has 20 rings (SSSR count). The van der Waals surface area contributed by atoms with E-state index in [-0.39, 0.29) is 32.8 Å². The Kier molecular flexibility index (Phi) is 28.0. The van der Waals surface area contributed by atoms with Gasteiger partial charge in [-0.15, -0.1) is 0 Å². The summed E-state index contributed by atoms with van der Waals surface area (Å²) in [6.07, 6.45) is 24.5. The number of aromatic carboxylic acids is 5. The zero-order valence-electron chi connectivity index (χ0n) is 72.6. The molecular weight excluding hydrogens is 1760 g/mol. The van der Waals surface area contributed by atoms with Gasteiger partial charge in [0.1, 0.15) is 34.3 Å². The van der Waals surface area contributed by atoms with Crippen molar-refractivity contribution >= 4 is 53.0 Å². The van der Waals surface area contributed by atoms with Gasteiger partial charge in [0.15, 0.2) is 0 Å². The Morgan fingerprint density at radius 2 is 0.574 bits per heavy atom. The molecule has 136 heavy (non-hydrogen) atoms. The van der Waals surface area contributed by atoms with Crippen molar-refractivity contribution in [2.75, 3.05) is 0 Å². The Morgan fingerprint density at radius 3 is 0.941 bits per heavy atom. The Bertz CT molecular complexity index is 7090. The highest BCUT2D eigenvalue weighted by Gasteiger charge is 2.26. The van der Waals surface area contributed by atoms with E-state index in [0.717, 1.165) is 124 Å². The smallest absolute Gasteiger partial charge is 0.337 e. The number of nitrogens with zero attached hydrogens (tertiary/aromatic N) is 15. The predicted molar refractivity (Wildman–Crippen MR) is 520 cm³/mol. The van der Waals surface area contributed by atoms with Crippen molar-refractivity contribution in [3.63, 3.8) is 0 Å². The molecule has 0 aliphatic rings. The van der Waals surface area contributed by atoms with E-state index in [0.29, 0.717) is 44.4 Å². The summed E-state index contributed by atoms with van der Waals surface area (Å²) < 4.78 is 23.4. The zero-order chi connectivity index (χ0) is 94.9. The van der Waals surface area contributed by atoms with Gasteiger partial charge in [0.25, 0.3) is 0 Å². The molecule has 20 aromatic rings. The fourth-order valence-electron chi connectivity index (χ4n) is 15.1. The molecule has 10 aromatic heterocycles. The highest BCUT2D eigenvalue weighted by Crippen LogP contribution is 2.43. The number of benzene rings is 10. The number of aryl methyl sites for hydroxylation is 2. The molecule has 0 spiro atoms. The number of rotatable bonds is 20. The van der Waals surface area contributed by atoms with Gasteiger partial charge >= 0.3 is 29.8 Å². The van der Waals surface area contributed by atoms with Crippen LogP contribution in [0.25, 0.3) is 140 Å². The number of hydrogen-bond acceptors (Lipinski definition) is 15. The van der Waals surface area contributed by atoms with Gasteiger partial charge in [0, 0.05) is 170 Å². The lowest BCUT2D eigenvalue weighted by Gasteiger charge is -2.09. The first kappa shape index (κ1) is 91.2. The summed E-state index contributed by atoms with van der Waals surface area (Å²) in [6.45, 7) is 5.74. The summed E-state index contributed by atoms with van der Waals surface area (Å²) in [5, 5.41) is 71.2. The van der Waals surface area contributed by atoms with Gasteiger partial charge in [-0.2, -0.15) is 25.5 Å². The number of carboxylic acid groups (broad SMARTS) is 5. The Balaban J connectivity index is 0.000000123. The molecule has 0 atom stereocenters.